The summed E-state index contributed by atoms with van der Waals surface area (Å²) in [6, 6.07) is 1.93. The number of rotatable bonds is 4. The standard InChI is InChI=1S/C9H6F3NO5S/c10-9(11,12)19(17,18)8-5-7(13(15)16)2-1-6(8)3-4-14/h1-2,4-5H,3H2. The van der Waals surface area contributed by atoms with Gasteiger partial charge in [0, 0.05) is 18.6 Å². The topological polar surface area (TPSA) is 94.3 Å². The Balaban J connectivity index is 3.58. The summed E-state index contributed by atoms with van der Waals surface area (Å²) < 4.78 is 59.8. The lowest BCUT2D eigenvalue weighted by molar-refractivity contribution is -0.385. The predicted molar refractivity (Wildman–Crippen MR) is 56.1 cm³/mol. The highest BCUT2D eigenvalue weighted by Gasteiger charge is 2.48. The summed E-state index contributed by atoms with van der Waals surface area (Å²) in [6.07, 6.45) is -0.390. The number of nitro benzene ring substituents is 1. The molecule has 1 aromatic rings. The molecule has 0 radical (unpaired) electrons. The molecule has 0 heterocycles. The van der Waals surface area contributed by atoms with E-state index in [9.17, 15) is 36.5 Å². The van der Waals surface area contributed by atoms with Crippen molar-refractivity contribution in [3.8, 4) is 0 Å². The van der Waals surface area contributed by atoms with E-state index in [-0.39, 0.29) is 6.29 Å². The molecule has 0 spiro atoms. The summed E-state index contributed by atoms with van der Waals surface area (Å²) in [4.78, 5) is 18.5. The van der Waals surface area contributed by atoms with Gasteiger partial charge in [-0.3, -0.25) is 10.1 Å². The molecule has 0 aliphatic carbocycles. The van der Waals surface area contributed by atoms with E-state index in [0.717, 1.165) is 12.1 Å². The van der Waals surface area contributed by atoms with Crippen LogP contribution < -0.4 is 0 Å². The quantitative estimate of drug-likeness (QED) is 0.478. The Morgan fingerprint density at radius 2 is 1.89 bits per heavy atom. The smallest absolute Gasteiger partial charge is 0.303 e. The van der Waals surface area contributed by atoms with Crippen molar-refractivity contribution in [2.45, 2.75) is 16.8 Å². The molecule has 0 aromatic heterocycles. The summed E-state index contributed by atoms with van der Waals surface area (Å²) in [5, 5.41) is 10.5. The molecule has 0 fully saturated rings. The normalized spacial score (nSPS) is 12.2. The predicted octanol–water partition coefficient (Wildman–Crippen LogP) is 1.63. The number of hydrogen-bond donors (Lipinski definition) is 0. The second-order valence-corrected chi connectivity index (χ2v) is 5.28. The molecule has 0 unspecified atom stereocenters. The van der Waals surface area contributed by atoms with Crippen molar-refractivity contribution >= 4 is 21.8 Å². The van der Waals surface area contributed by atoms with Crippen LogP contribution in [0.3, 0.4) is 0 Å². The van der Waals surface area contributed by atoms with Gasteiger partial charge >= 0.3 is 5.51 Å². The molecule has 1 rings (SSSR count). The molecule has 0 amide bonds. The molecule has 0 bridgehead atoms. The van der Waals surface area contributed by atoms with Crippen LogP contribution in [-0.4, -0.2) is 25.1 Å². The summed E-state index contributed by atoms with van der Waals surface area (Å²) in [7, 11) is -5.75. The van der Waals surface area contributed by atoms with Crippen LogP contribution in [0, 0.1) is 10.1 Å². The average molecular weight is 297 g/mol. The van der Waals surface area contributed by atoms with Crippen molar-refractivity contribution in [2.75, 3.05) is 0 Å². The van der Waals surface area contributed by atoms with E-state index in [2.05, 4.69) is 0 Å². The number of sulfone groups is 1. The van der Waals surface area contributed by atoms with E-state index < -0.39 is 42.8 Å². The maximum atomic E-state index is 12.4. The number of non-ortho nitro benzene ring substituents is 1. The van der Waals surface area contributed by atoms with Crippen molar-refractivity contribution in [2.24, 2.45) is 0 Å². The summed E-state index contributed by atoms with van der Waals surface area (Å²) in [6.45, 7) is 0. The highest BCUT2D eigenvalue weighted by molar-refractivity contribution is 7.92. The van der Waals surface area contributed by atoms with E-state index in [1.54, 1.807) is 0 Å². The van der Waals surface area contributed by atoms with E-state index in [1.165, 1.54) is 0 Å². The van der Waals surface area contributed by atoms with Crippen molar-refractivity contribution in [3.63, 3.8) is 0 Å². The van der Waals surface area contributed by atoms with E-state index in [1.807, 2.05) is 0 Å². The van der Waals surface area contributed by atoms with Gasteiger partial charge in [0.1, 0.15) is 6.29 Å². The fourth-order valence-corrected chi connectivity index (χ4v) is 2.31. The molecule has 1 aromatic carbocycles. The number of nitro groups is 1. The van der Waals surface area contributed by atoms with E-state index in [4.69, 9.17) is 0 Å². The first-order valence-electron chi connectivity index (χ1n) is 4.63. The van der Waals surface area contributed by atoms with Crippen molar-refractivity contribution < 1.29 is 31.3 Å². The average Bonchev–Trinajstić information content (AvgIpc) is 2.27. The van der Waals surface area contributed by atoms with E-state index in [0.29, 0.717) is 6.07 Å². The zero-order chi connectivity index (χ0) is 14.8. The second kappa shape index (κ2) is 4.96. The molecule has 104 valence electrons. The van der Waals surface area contributed by atoms with Gasteiger partial charge < -0.3 is 4.79 Å². The van der Waals surface area contributed by atoms with Gasteiger partial charge in [-0.2, -0.15) is 13.2 Å². The van der Waals surface area contributed by atoms with Crippen LogP contribution in [0.1, 0.15) is 5.56 Å². The van der Waals surface area contributed by atoms with Crippen LogP contribution >= 0.6 is 0 Å². The number of benzene rings is 1. The number of carbonyl (C=O) groups is 1. The molecular weight excluding hydrogens is 291 g/mol. The van der Waals surface area contributed by atoms with Gasteiger partial charge in [0.25, 0.3) is 15.5 Å². The number of carbonyl (C=O) groups excluding carboxylic acids is 1. The minimum Gasteiger partial charge on any atom is -0.303 e. The maximum absolute atomic E-state index is 12.4. The lowest BCUT2D eigenvalue weighted by Crippen LogP contribution is -2.24. The molecule has 0 atom stereocenters. The third kappa shape index (κ3) is 2.89. The number of nitrogens with zero attached hydrogens (tertiary/aromatic N) is 1. The molecule has 0 aliphatic heterocycles. The molecule has 0 N–H and O–H groups in total. The first-order valence-corrected chi connectivity index (χ1v) is 6.12. The Hall–Kier alpha value is -1.97. The lowest BCUT2D eigenvalue weighted by Gasteiger charge is -2.11. The number of aldehydes is 1. The Kier molecular flexibility index (Phi) is 3.94. The maximum Gasteiger partial charge on any atom is 0.501 e. The van der Waals surface area contributed by atoms with Crippen LogP contribution in [0.25, 0.3) is 0 Å². The van der Waals surface area contributed by atoms with Crippen LogP contribution in [0.4, 0.5) is 18.9 Å². The Bertz CT molecular complexity index is 623. The molecular formula is C9H6F3NO5S. The zero-order valence-corrected chi connectivity index (χ0v) is 9.86. The van der Waals surface area contributed by atoms with Gasteiger partial charge in [-0.25, -0.2) is 8.42 Å². The summed E-state index contributed by atoms with van der Waals surface area (Å²) in [5.41, 5.74) is -6.85. The fraction of sp³-hybridized carbons (Fsp3) is 0.222. The molecule has 19 heavy (non-hydrogen) atoms. The van der Waals surface area contributed by atoms with Crippen molar-refractivity contribution in [1.82, 2.24) is 0 Å². The highest BCUT2D eigenvalue weighted by Crippen LogP contribution is 2.34. The van der Waals surface area contributed by atoms with Gasteiger partial charge in [0.15, 0.2) is 0 Å². The summed E-state index contributed by atoms with van der Waals surface area (Å²) >= 11 is 0. The first-order chi connectivity index (χ1) is 8.61. The SMILES string of the molecule is O=CCc1ccc([N+](=O)[O-])cc1S(=O)(=O)C(F)(F)F. The van der Waals surface area contributed by atoms with Crippen molar-refractivity contribution in [3.05, 3.63) is 33.9 Å². The van der Waals surface area contributed by atoms with Gasteiger partial charge in [0.2, 0.25) is 0 Å². The highest BCUT2D eigenvalue weighted by atomic mass is 32.2. The van der Waals surface area contributed by atoms with Crippen LogP contribution in [0.5, 0.6) is 0 Å². The lowest BCUT2D eigenvalue weighted by atomic mass is 10.1. The monoisotopic (exact) mass is 297 g/mol. The van der Waals surface area contributed by atoms with Crippen LogP contribution in [-0.2, 0) is 21.1 Å². The first kappa shape index (κ1) is 15.1. The van der Waals surface area contributed by atoms with Gasteiger partial charge in [0.05, 0.1) is 9.82 Å². The Labute approximate surface area is 104 Å². The Morgan fingerprint density at radius 1 is 1.32 bits per heavy atom. The van der Waals surface area contributed by atoms with Gasteiger partial charge in [-0.15, -0.1) is 0 Å². The fourth-order valence-electron chi connectivity index (χ4n) is 1.29. The third-order valence-electron chi connectivity index (χ3n) is 2.16. The largest absolute Gasteiger partial charge is 0.501 e. The molecule has 0 saturated carbocycles. The van der Waals surface area contributed by atoms with Crippen LogP contribution in [0.15, 0.2) is 23.1 Å². The number of halogens is 3. The minimum atomic E-state index is -5.75. The number of hydrogen-bond acceptors (Lipinski definition) is 5. The van der Waals surface area contributed by atoms with Crippen molar-refractivity contribution in [1.29, 1.82) is 0 Å². The van der Waals surface area contributed by atoms with Gasteiger partial charge in [-0.1, -0.05) is 6.07 Å². The minimum absolute atomic E-state index is 0.205. The zero-order valence-electron chi connectivity index (χ0n) is 9.05. The molecule has 0 saturated heterocycles. The molecule has 0 aliphatic rings. The molecule has 6 nitrogen and oxygen atoms in total. The summed E-state index contributed by atoms with van der Waals surface area (Å²) in [5.74, 6) is 0. The number of alkyl halides is 3. The third-order valence-corrected chi connectivity index (χ3v) is 3.73. The van der Waals surface area contributed by atoms with E-state index >= 15 is 0 Å². The second-order valence-electron chi connectivity index (χ2n) is 3.37. The van der Waals surface area contributed by atoms with Gasteiger partial charge in [-0.05, 0) is 5.56 Å². The van der Waals surface area contributed by atoms with Crippen LogP contribution in [0.2, 0.25) is 0 Å². The Morgan fingerprint density at radius 3 is 2.32 bits per heavy atom. The molecule has 10 heteroatoms.